The SMILES string of the molecule is FC1(c2cccc(I)n2)COC1. The number of hydrogen-bond acceptors (Lipinski definition) is 2. The normalized spacial score (nSPS) is 20.2. The van der Waals surface area contributed by atoms with Gasteiger partial charge >= 0.3 is 0 Å². The van der Waals surface area contributed by atoms with Gasteiger partial charge in [0, 0.05) is 0 Å². The van der Waals surface area contributed by atoms with Crippen molar-refractivity contribution in [2.24, 2.45) is 0 Å². The zero-order chi connectivity index (χ0) is 8.60. The molecule has 0 bridgehead atoms. The molecule has 2 rings (SSSR count). The van der Waals surface area contributed by atoms with Crippen LogP contribution in [0.5, 0.6) is 0 Å². The van der Waals surface area contributed by atoms with Crippen LogP contribution in [-0.2, 0) is 10.4 Å². The number of pyridine rings is 1. The molecule has 0 atom stereocenters. The molecule has 1 aliphatic heterocycles. The molecular formula is C8H7FINO. The smallest absolute Gasteiger partial charge is 0.198 e. The monoisotopic (exact) mass is 279 g/mol. The average Bonchev–Trinajstić information content (AvgIpc) is 2.00. The van der Waals surface area contributed by atoms with Gasteiger partial charge in [0.15, 0.2) is 5.67 Å². The van der Waals surface area contributed by atoms with E-state index in [-0.39, 0.29) is 13.2 Å². The summed E-state index contributed by atoms with van der Waals surface area (Å²) in [4.78, 5) is 4.10. The van der Waals surface area contributed by atoms with Gasteiger partial charge in [-0.15, -0.1) is 0 Å². The number of alkyl halides is 1. The van der Waals surface area contributed by atoms with Crippen LogP contribution in [0.25, 0.3) is 0 Å². The summed E-state index contributed by atoms with van der Waals surface area (Å²) in [5, 5.41) is 0. The molecule has 1 aromatic heterocycles. The Labute approximate surface area is 83.3 Å². The van der Waals surface area contributed by atoms with E-state index in [2.05, 4.69) is 27.6 Å². The number of halogens is 2. The third-order valence-electron chi connectivity index (χ3n) is 1.84. The molecule has 1 aliphatic rings. The lowest BCUT2D eigenvalue weighted by Gasteiger charge is -2.32. The molecule has 0 aliphatic carbocycles. The largest absolute Gasteiger partial charge is 0.374 e. The van der Waals surface area contributed by atoms with Gasteiger partial charge in [-0.2, -0.15) is 0 Å². The van der Waals surface area contributed by atoms with E-state index in [1.807, 2.05) is 12.1 Å². The van der Waals surface area contributed by atoms with Crippen molar-refractivity contribution in [3.05, 3.63) is 27.6 Å². The summed E-state index contributed by atoms with van der Waals surface area (Å²) in [6, 6.07) is 5.35. The maximum absolute atomic E-state index is 13.6. The first-order valence-corrected chi connectivity index (χ1v) is 4.68. The Hall–Kier alpha value is -0.230. The van der Waals surface area contributed by atoms with Crippen LogP contribution in [0.4, 0.5) is 4.39 Å². The van der Waals surface area contributed by atoms with Gasteiger partial charge in [0.2, 0.25) is 0 Å². The lowest BCUT2D eigenvalue weighted by atomic mass is 10.00. The van der Waals surface area contributed by atoms with Gasteiger partial charge in [0.1, 0.15) is 3.70 Å². The quantitative estimate of drug-likeness (QED) is 0.578. The van der Waals surface area contributed by atoms with E-state index in [9.17, 15) is 4.39 Å². The highest BCUT2D eigenvalue weighted by Gasteiger charge is 2.42. The highest BCUT2D eigenvalue weighted by Crippen LogP contribution is 2.32. The van der Waals surface area contributed by atoms with E-state index in [4.69, 9.17) is 4.74 Å². The number of nitrogens with zero attached hydrogens (tertiary/aromatic N) is 1. The Kier molecular flexibility index (Phi) is 2.04. The van der Waals surface area contributed by atoms with Gasteiger partial charge in [0.05, 0.1) is 18.9 Å². The van der Waals surface area contributed by atoms with Crippen LogP contribution in [0.15, 0.2) is 18.2 Å². The van der Waals surface area contributed by atoms with Crippen molar-refractivity contribution in [2.75, 3.05) is 13.2 Å². The number of aromatic nitrogens is 1. The molecule has 1 aromatic rings. The van der Waals surface area contributed by atoms with Crippen LogP contribution >= 0.6 is 22.6 Å². The molecule has 0 radical (unpaired) electrons. The summed E-state index contributed by atoms with van der Waals surface area (Å²) in [6.45, 7) is 0.278. The summed E-state index contributed by atoms with van der Waals surface area (Å²) < 4.78 is 19.3. The molecule has 0 unspecified atom stereocenters. The fourth-order valence-corrected chi connectivity index (χ4v) is 1.55. The maximum Gasteiger partial charge on any atom is 0.198 e. The summed E-state index contributed by atoms with van der Waals surface area (Å²) in [7, 11) is 0. The Morgan fingerprint density at radius 3 is 2.75 bits per heavy atom. The predicted octanol–water partition coefficient (Wildman–Crippen LogP) is 1.88. The summed E-state index contributed by atoms with van der Waals surface area (Å²) in [5.41, 5.74) is -0.845. The molecule has 0 spiro atoms. The maximum atomic E-state index is 13.6. The summed E-state index contributed by atoms with van der Waals surface area (Å²) in [6.07, 6.45) is 0. The van der Waals surface area contributed by atoms with E-state index in [0.717, 1.165) is 3.70 Å². The first-order valence-electron chi connectivity index (χ1n) is 3.60. The number of rotatable bonds is 1. The fourth-order valence-electron chi connectivity index (χ4n) is 1.09. The van der Waals surface area contributed by atoms with Crippen molar-refractivity contribution in [3.63, 3.8) is 0 Å². The summed E-state index contributed by atoms with van der Waals surface area (Å²) in [5.74, 6) is 0. The molecule has 0 saturated carbocycles. The van der Waals surface area contributed by atoms with Gasteiger partial charge in [0.25, 0.3) is 0 Å². The summed E-state index contributed by atoms with van der Waals surface area (Å²) >= 11 is 2.07. The minimum absolute atomic E-state index is 0.139. The molecule has 2 heterocycles. The molecule has 2 nitrogen and oxygen atoms in total. The second-order valence-electron chi connectivity index (χ2n) is 2.80. The van der Waals surface area contributed by atoms with Crippen LogP contribution in [0, 0.1) is 3.70 Å². The molecular weight excluding hydrogens is 272 g/mol. The Balaban J connectivity index is 2.33. The van der Waals surface area contributed by atoms with Crippen LogP contribution in [0.1, 0.15) is 5.69 Å². The Morgan fingerprint density at radius 2 is 2.25 bits per heavy atom. The van der Waals surface area contributed by atoms with Gasteiger partial charge in [-0.25, -0.2) is 9.37 Å². The zero-order valence-electron chi connectivity index (χ0n) is 6.26. The fraction of sp³-hybridized carbons (Fsp3) is 0.375. The minimum Gasteiger partial charge on any atom is -0.374 e. The third-order valence-corrected chi connectivity index (χ3v) is 2.44. The van der Waals surface area contributed by atoms with Crippen LogP contribution in [0.2, 0.25) is 0 Å². The van der Waals surface area contributed by atoms with E-state index in [1.165, 1.54) is 0 Å². The van der Waals surface area contributed by atoms with Crippen molar-refractivity contribution in [2.45, 2.75) is 5.67 Å². The van der Waals surface area contributed by atoms with Gasteiger partial charge < -0.3 is 4.74 Å². The van der Waals surface area contributed by atoms with Gasteiger partial charge in [-0.05, 0) is 34.7 Å². The van der Waals surface area contributed by atoms with Crippen molar-refractivity contribution >= 4 is 22.6 Å². The Morgan fingerprint density at radius 1 is 1.50 bits per heavy atom. The highest BCUT2D eigenvalue weighted by molar-refractivity contribution is 14.1. The first-order chi connectivity index (χ1) is 5.71. The number of hydrogen-bond donors (Lipinski definition) is 0. The van der Waals surface area contributed by atoms with Crippen LogP contribution in [-0.4, -0.2) is 18.2 Å². The highest BCUT2D eigenvalue weighted by atomic mass is 127. The Bertz CT molecular complexity index is 301. The average molecular weight is 279 g/mol. The second-order valence-corrected chi connectivity index (χ2v) is 3.91. The van der Waals surface area contributed by atoms with Crippen molar-refractivity contribution in [3.8, 4) is 0 Å². The first kappa shape index (κ1) is 8.37. The zero-order valence-corrected chi connectivity index (χ0v) is 8.42. The van der Waals surface area contributed by atoms with Gasteiger partial charge in [-0.3, -0.25) is 0 Å². The molecule has 64 valence electrons. The molecule has 12 heavy (non-hydrogen) atoms. The molecule has 1 saturated heterocycles. The van der Waals surface area contributed by atoms with E-state index < -0.39 is 5.67 Å². The molecule has 4 heteroatoms. The van der Waals surface area contributed by atoms with Gasteiger partial charge in [-0.1, -0.05) is 6.07 Å². The molecule has 0 amide bonds. The number of ether oxygens (including phenoxy) is 1. The van der Waals surface area contributed by atoms with Crippen molar-refractivity contribution < 1.29 is 9.13 Å². The lowest BCUT2D eigenvalue weighted by Crippen LogP contribution is -2.43. The molecule has 1 fully saturated rings. The van der Waals surface area contributed by atoms with Crippen molar-refractivity contribution in [1.29, 1.82) is 0 Å². The topological polar surface area (TPSA) is 22.1 Å². The van der Waals surface area contributed by atoms with Crippen molar-refractivity contribution in [1.82, 2.24) is 4.98 Å². The third kappa shape index (κ3) is 1.33. The minimum atomic E-state index is -1.33. The van der Waals surface area contributed by atoms with Crippen LogP contribution in [0.3, 0.4) is 0 Å². The predicted molar refractivity (Wildman–Crippen MR) is 50.6 cm³/mol. The molecule has 0 N–H and O–H groups in total. The van der Waals surface area contributed by atoms with E-state index >= 15 is 0 Å². The van der Waals surface area contributed by atoms with E-state index in [1.54, 1.807) is 6.07 Å². The van der Waals surface area contributed by atoms with Crippen LogP contribution < -0.4 is 0 Å². The molecule has 0 aromatic carbocycles. The standard InChI is InChI=1S/C8H7FINO/c9-8(4-12-5-8)6-2-1-3-7(10)11-6/h1-3H,4-5H2. The second kappa shape index (κ2) is 2.92. The van der Waals surface area contributed by atoms with E-state index in [0.29, 0.717) is 5.69 Å². The lowest BCUT2D eigenvalue weighted by molar-refractivity contribution is -0.137.